The number of Topliss-reactive ketones (excluding diaryl/α,β-unsaturated/α-hetero) is 1. The van der Waals surface area contributed by atoms with Crippen LogP contribution >= 0.6 is 0 Å². The van der Waals surface area contributed by atoms with Crippen LogP contribution in [0.2, 0.25) is 0 Å². The Morgan fingerprint density at radius 1 is 0.773 bits per heavy atom. The van der Waals surface area contributed by atoms with E-state index in [9.17, 15) is 4.79 Å². The zero-order chi connectivity index (χ0) is 17.0. The number of benzene rings is 2. The Morgan fingerprint density at radius 2 is 1.05 bits per heavy atom. The number of carbonyl (C=O) groups is 1. The fourth-order valence-corrected chi connectivity index (χ4v) is 1.47. The zero-order valence-corrected chi connectivity index (χ0v) is 13.7. The number of carbonyl (C=O) groups excluding carboxylic acids is 1. The smallest absolute Gasteiger partial charge is 0.126 e. The van der Waals surface area contributed by atoms with E-state index >= 15 is 0 Å². The lowest BCUT2D eigenvalue weighted by Gasteiger charge is -1.92. The van der Waals surface area contributed by atoms with E-state index in [1.807, 2.05) is 62.4 Å². The van der Waals surface area contributed by atoms with E-state index < -0.39 is 0 Å². The predicted molar refractivity (Wildman–Crippen MR) is 94.6 cm³/mol. The topological polar surface area (TPSA) is 17.1 Å². The Kier molecular flexibility index (Phi) is 9.57. The Hall–Kier alpha value is -2.77. The van der Waals surface area contributed by atoms with Gasteiger partial charge in [-0.2, -0.15) is 0 Å². The van der Waals surface area contributed by atoms with Crippen molar-refractivity contribution in [2.75, 3.05) is 0 Å². The van der Waals surface area contributed by atoms with Gasteiger partial charge in [0.15, 0.2) is 0 Å². The lowest BCUT2D eigenvalue weighted by atomic mass is 10.1. The van der Waals surface area contributed by atoms with E-state index in [4.69, 9.17) is 12.8 Å². The molecule has 0 saturated heterocycles. The van der Waals surface area contributed by atoms with Crippen molar-refractivity contribution in [3.8, 4) is 24.7 Å². The molecule has 0 amide bonds. The number of ketones is 1. The summed E-state index contributed by atoms with van der Waals surface area (Å²) in [7, 11) is 0. The van der Waals surface area contributed by atoms with Crippen LogP contribution in [0.5, 0.6) is 0 Å². The SMILES string of the molecule is C#Cc1ccccc1C.C#Cc1ccccc1C.CC(C)=O. The fraction of sp³-hybridized carbons (Fsp3) is 0.190. The van der Waals surface area contributed by atoms with Crippen LogP contribution < -0.4 is 0 Å². The van der Waals surface area contributed by atoms with Crippen LogP contribution in [0.25, 0.3) is 0 Å². The summed E-state index contributed by atoms with van der Waals surface area (Å²) in [5.41, 5.74) is 4.30. The molecule has 22 heavy (non-hydrogen) atoms. The van der Waals surface area contributed by atoms with Crippen molar-refractivity contribution in [2.24, 2.45) is 0 Å². The molecule has 2 aromatic carbocycles. The molecule has 0 fully saturated rings. The molecule has 112 valence electrons. The molecule has 0 aliphatic carbocycles. The molecule has 2 rings (SSSR count). The third-order valence-electron chi connectivity index (χ3n) is 2.60. The average molecular weight is 290 g/mol. The van der Waals surface area contributed by atoms with Gasteiger partial charge in [0, 0.05) is 11.1 Å². The van der Waals surface area contributed by atoms with Crippen molar-refractivity contribution >= 4 is 5.78 Å². The molecule has 1 heteroatoms. The van der Waals surface area contributed by atoms with E-state index in [-0.39, 0.29) is 5.78 Å². The van der Waals surface area contributed by atoms with Gasteiger partial charge in [-0.1, -0.05) is 48.2 Å². The highest BCUT2D eigenvalue weighted by Gasteiger charge is 1.88. The van der Waals surface area contributed by atoms with E-state index in [0.717, 1.165) is 11.1 Å². The van der Waals surface area contributed by atoms with Gasteiger partial charge in [-0.15, -0.1) is 12.8 Å². The van der Waals surface area contributed by atoms with Crippen LogP contribution in [-0.2, 0) is 4.79 Å². The van der Waals surface area contributed by atoms with Gasteiger partial charge in [0.25, 0.3) is 0 Å². The van der Waals surface area contributed by atoms with Gasteiger partial charge in [-0.3, -0.25) is 0 Å². The van der Waals surface area contributed by atoms with Crippen LogP contribution in [0.15, 0.2) is 48.5 Å². The van der Waals surface area contributed by atoms with E-state index in [1.165, 1.54) is 25.0 Å². The first-order valence-electron chi connectivity index (χ1n) is 6.94. The zero-order valence-electron chi connectivity index (χ0n) is 13.7. The minimum absolute atomic E-state index is 0.167. The average Bonchev–Trinajstić information content (AvgIpc) is 2.48. The van der Waals surface area contributed by atoms with Crippen molar-refractivity contribution in [3.63, 3.8) is 0 Å². The first kappa shape index (κ1) is 19.2. The molecule has 0 aromatic heterocycles. The van der Waals surface area contributed by atoms with Gasteiger partial charge in [0.2, 0.25) is 0 Å². The van der Waals surface area contributed by atoms with Crippen LogP contribution in [0, 0.1) is 38.5 Å². The van der Waals surface area contributed by atoms with E-state index in [1.54, 1.807) is 0 Å². The summed E-state index contributed by atoms with van der Waals surface area (Å²) in [4.78, 5) is 9.44. The summed E-state index contributed by atoms with van der Waals surface area (Å²) in [5.74, 6) is 5.36. The molecule has 0 aliphatic rings. The van der Waals surface area contributed by atoms with Gasteiger partial charge < -0.3 is 4.79 Å². The number of hydrogen-bond donors (Lipinski definition) is 0. The number of hydrogen-bond acceptors (Lipinski definition) is 1. The molecule has 0 atom stereocenters. The van der Waals surface area contributed by atoms with Gasteiger partial charge in [-0.25, -0.2) is 0 Å². The maximum Gasteiger partial charge on any atom is 0.126 e. The highest BCUT2D eigenvalue weighted by atomic mass is 16.1. The summed E-state index contributed by atoms with van der Waals surface area (Å²) in [6.07, 6.45) is 10.4. The quantitative estimate of drug-likeness (QED) is 0.651. The minimum atomic E-state index is 0.167. The molecule has 0 heterocycles. The first-order chi connectivity index (χ1) is 10.4. The third-order valence-corrected chi connectivity index (χ3v) is 2.60. The molecule has 0 radical (unpaired) electrons. The van der Waals surface area contributed by atoms with Gasteiger partial charge >= 0.3 is 0 Å². The highest BCUT2D eigenvalue weighted by Crippen LogP contribution is 2.04. The van der Waals surface area contributed by atoms with Gasteiger partial charge in [-0.05, 0) is 51.0 Å². The number of rotatable bonds is 0. The molecular formula is C21H22O. The summed E-state index contributed by atoms with van der Waals surface area (Å²) in [6.45, 7) is 7.07. The Morgan fingerprint density at radius 3 is 1.23 bits per heavy atom. The molecular weight excluding hydrogens is 268 g/mol. The molecule has 0 spiro atoms. The summed E-state index contributed by atoms with van der Waals surface area (Å²) >= 11 is 0. The summed E-state index contributed by atoms with van der Waals surface area (Å²) < 4.78 is 0. The number of aryl methyl sites for hydroxylation is 2. The van der Waals surface area contributed by atoms with E-state index in [0.29, 0.717) is 0 Å². The Bertz CT molecular complexity index is 622. The van der Waals surface area contributed by atoms with Crippen molar-refractivity contribution in [3.05, 3.63) is 70.8 Å². The van der Waals surface area contributed by atoms with Crippen LogP contribution in [0.4, 0.5) is 0 Å². The standard InChI is InChI=1S/2C9H8.C3H6O/c2*1-3-9-7-5-4-6-8(9)2;1-3(2)4/h2*1,4-7H,2H3;1-2H3. The van der Waals surface area contributed by atoms with Crippen LogP contribution in [0.3, 0.4) is 0 Å². The Labute approximate surface area is 134 Å². The van der Waals surface area contributed by atoms with Crippen molar-refractivity contribution in [1.82, 2.24) is 0 Å². The normalized spacial score (nSPS) is 8.09. The lowest BCUT2D eigenvalue weighted by molar-refractivity contribution is -0.114. The van der Waals surface area contributed by atoms with Crippen LogP contribution in [0.1, 0.15) is 36.1 Å². The maximum absolute atomic E-state index is 9.44. The molecule has 0 bridgehead atoms. The molecule has 0 aliphatic heterocycles. The highest BCUT2D eigenvalue weighted by molar-refractivity contribution is 5.72. The molecule has 2 aromatic rings. The predicted octanol–water partition coefficient (Wildman–Crippen LogP) is 4.55. The second-order valence-electron chi connectivity index (χ2n) is 4.83. The monoisotopic (exact) mass is 290 g/mol. The number of terminal acetylenes is 2. The lowest BCUT2D eigenvalue weighted by Crippen LogP contribution is -1.77. The summed E-state index contributed by atoms with van der Waals surface area (Å²) in [6, 6.07) is 15.8. The second-order valence-corrected chi connectivity index (χ2v) is 4.83. The first-order valence-corrected chi connectivity index (χ1v) is 6.94. The van der Waals surface area contributed by atoms with Crippen molar-refractivity contribution in [2.45, 2.75) is 27.7 Å². The fourth-order valence-electron chi connectivity index (χ4n) is 1.47. The Balaban J connectivity index is 0.000000326. The minimum Gasteiger partial charge on any atom is -0.300 e. The van der Waals surface area contributed by atoms with Gasteiger partial charge in [0.1, 0.15) is 5.78 Å². The molecule has 0 saturated carbocycles. The molecule has 0 N–H and O–H groups in total. The third kappa shape index (κ3) is 8.41. The van der Waals surface area contributed by atoms with Crippen LogP contribution in [-0.4, -0.2) is 5.78 Å². The molecule has 1 nitrogen and oxygen atoms in total. The van der Waals surface area contributed by atoms with Gasteiger partial charge in [0.05, 0.1) is 0 Å². The van der Waals surface area contributed by atoms with E-state index in [2.05, 4.69) is 11.8 Å². The van der Waals surface area contributed by atoms with Crippen molar-refractivity contribution in [1.29, 1.82) is 0 Å². The second kappa shape index (κ2) is 11.0. The summed E-state index contributed by atoms with van der Waals surface area (Å²) in [5, 5.41) is 0. The van der Waals surface area contributed by atoms with Crippen molar-refractivity contribution < 1.29 is 4.79 Å². The molecule has 0 unspecified atom stereocenters. The maximum atomic E-state index is 9.44. The largest absolute Gasteiger partial charge is 0.300 e.